The number of aliphatic carboxylic acids is 1. The molecule has 2 N–H and O–H groups in total. The number of unbranched alkanes of at least 4 members (excludes halogenated alkanes) is 1. The van der Waals surface area contributed by atoms with Crippen LogP contribution in [0.25, 0.3) is 0 Å². The topological polar surface area (TPSA) is 86.7 Å². The van der Waals surface area contributed by atoms with E-state index in [1.54, 1.807) is 0 Å². The van der Waals surface area contributed by atoms with Crippen LogP contribution in [-0.4, -0.2) is 47.4 Å². The Balaban J connectivity index is 2.33. The molecule has 0 radical (unpaired) electrons. The van der Waals surface area contributed by atoms with Crippen LogP contribution < -0.4 is 5.32 Å². The number of carboxylic acids is 1. The summed E-state index contributed by atoms with van der Waals surface area (Å²) in [5.41, 5.74) is 0. The average molecular weight is 312 g/mol. The van der Waals surface area contributed by atoms with Crippen LogP contribution in [-0.2, 0) is 14.4 Å². The van der Waals surface area contributed by atoms with Crippen LogP contribution in [0.5, 0.6) is 0 Å². The number of piperidine rings is 1. The first-order chi connectivity index (χ1) is 10.5. The highest BCUT2D eigenvalue weighted by atomic mass is 16.4. The Morgan fingerprint density at radius 1 is 1.32 bits per heavy atom. The van der Waals surface area contributed by atoms with E-state index in [1.807, 2.05) is 18.7 Å². The number of carbonyl (C=O) groups is 3. The molecule has 1 aliphatic heterocycles. The molecule has 0 aromatic carbocycles. The van der Waals surface area contributed by atoms with E-state index in [1.165, 1.54) is 0 Å². The minimum atomic E-state index is -0.808. The lowest BCUT2D eigenvalue weighted by Gasteiger charge is -2.33. The SMILES string of the molecule is CCC(C)C(=O)N1CCCC(C(=O)NCCCCC(=O)O)C1. The Morgan fingerprint density at radius 2 is 2.05 bits per heavy atom. The maximum absolute atomic E-state index is 12.2. The zero-order valence-corrected chi connectivity index (χ0v) is 13.6. The van der Waals surface area contributed by atoms with Gasteiger partial charge in [-0.2, -0.15) is 0 Å². The van der Waals surface area contributed by atoms with Crippen LogP contribution >= 0.6 is 0 Å². The summed E-state index contributed by atoms with van der Waals surface area (Å²) in [5, 5.41) is 11.4. The van der Waals surface area contributed by atoms with Crippen molar-refractivity contribution in [2.75, 3.05) is 19.6 Å². The van der Waals surface area contributed by atoms with Gasteiger partial charge in [-0.05, 0) is 32.1 Å². The van der Waals surface area contributed by atoms with Gasteiger partial charge in [-0.3, -0.25) is 14.4 Å². The number of rotatable bonds is 8. The number of nitrogens with one attached hydrogen (secondary N) is 1. The summed E-state index contributed by atoms with van der Waals surface area (Å²) in [6.45, 7) is 5.67. The highest BCUT2D eigenvalue weighted by Crippen LogP contribution is 2.19. The first-order valence-electron chi connectivity index (χ1n) is 8.24. The van der Waals surface area contributed by atoms with Crippen LogP contribution in [0.1, 0.15) is 52.4 Å². The van der Waals surface area contributed by atoms with Gasteiger partial charge in [-0.25, -0.2) is 0 Å². The molecule has 1 fully saturated rings. The molecule has 1 heterocycles. The number of nitrogens with zero attached hydrogens (tertiary/aromatic N) is 1. The summed E-state index contributed by atoms with van der Waals surface area (Å²) < 4.78 is 0. The fraction of sp³-hybridized carbons (Fsp3) is 0.812. The Kier molecular flexibility index (Phi) is 7.91. The van der Waals surface area contributed by atoms with E-state index in [0.717, 1.165) is 25.8 Å². The van der Waals surface area contributed by atoms with Gasteiger partial charge in [-0.15, -0.1) is 0 Å². The average Bonchev–Trinajstić information content (AvgIpc) is 2.52. The number of amides is 2. The molecular weight excluding hydrogens is 284 g/mol. The summed E-state index contributed by atoms with van der Waals surface area (Å²) in [7, 11) is 0. The second kappa shape index (κ2) is 9.43. The van der Waals surface area contributed by atoms with Gasteiger partial charge in [0.15, 0.2) is 0 Å². The molecule has 0 aromatic heterocycles. The first kappa shape index (κ1) is 18.5. The van der Waals surface area contributed by atoms with Gasteiger partial charge in [0.2, 0.25) is 11.8 Å². The number of hydrogen-bond donors (Lipinski definition) is 2. The van der Waals surface area contributed by atoms with Crippen molar-refractivity contribution in [2.24, 2.45) is 11.8 Å². The summed E-state index contributed by atoms with van der Waals surface area (Å²) in [5.74, 6) is -0.810. The Labute approximate surface area is 132 Å². The van der Waals surface area contributed by atoms with Gasteiger partial charge in [0.05, 0.1) is 5.92 Å². The molecule has 2 unspecified atom stereocenters. The standard InChI is InChI=1S/C16H28N2O4/c1-3-12(2)16(22)18-10-6-7-13(11-18)15(21)17-9-5-4-8-14(19)20/h12-13H,3-11H2,1-2H3,(H,17,21)(H,19,20). The minimum absolute atomic E-state index is 0.0119. The lowest BCUT2D eigenvalue weighted by molar-refractivity contribution is -0.139. The molecule has 2 amide bonds. The molecule has 0 bridgehead atoms. The van der Waals surface area contributed by atoms with E-state index in [9.17, 15) is 14.4 Å². The van der Waals surface area contributed by atoms with E-state index < -0.39 is 5.97 Å². The zero-order valence-electron chi connectivity index (χ0n) is 13.6. The van der Waals surface area contributed by atoms with Crippen molar-refractivity contribution in [3.05, 3.63) is 0 Å². The number of hydrogen-bond acceptors (Lipinski definition) is 3. The first-order valence-corrected chi connectivity index (χ1v) is 8.24. The van der Waals surface area contributed by atoms with Crippen LogP contribution in [0, 0.1) is 11.8 Å². The predicted molar refractivity (Wildman–Crippen MR) is 83.3 cm³/mol. The van der Waals surface area contributed by atoms with E-state index >= 15 is 0 Å². The lowest BCUT2D eigenvalue weighted by atomic mass is 9.95. The van der Waals surface area contributed by atoms with Crippen molar-refractivity contribution in [3.8, 4) is 0 Å². The number of likely N-dealkylation sites (tertiary alicyclic amines) is 1. The molecule has 2 atom stereocenters. The lowest BCUT2D eigenvalue weighted by Crippen LogP contribution is -2.47. The van der Waals surface area contributed by atoms with Crippen LogP contribution in [0.4, 0.5) is 0 Å². The molecule has 1 aliphatic rings. The van der Waals surface area contributed by atoms with Crippen LogP contribution in [0.15, 0.2) is 0 Å². The monoisotopic (exact) mass is 312 g/mol. The van der Waals surface area contributed by atoms with E-state index in [2.05, 4.69) is 5.32 Å². The van der Waals surface area contributed by atoms with E-state index in [0.29, 0.717) is 25.9 Å². The third-order valence-corrected chi connectivity index (χ3v) is 4.25. The van der Waals surface area contributed by atoms with E-state index in [-0.39, 0.29) is 30.1 Å². The highest BCUT2D eigenvalue weighted by molar-refractivity contribution is 5.82. The van der Waals surface area contributed by atoms with Crippen molar-refractivity contribution in [1.82, 2.24) is 10.2 Å². The maximum Gasteiger partial charge on any atom is 0.303 e. The van der Waals surface area contributed by atoms with Gasteiger partial charge in [-0.1, -0.05) is 13.8 Å². The van der Waals surface area contributed by atoms with Gasteiger partial charge in [0.1, 0.15) is 0 Å². The molecule has 22 heavy (non-hydrogen) atoms. The zero-order chi connectivity index (χ0) is 16.5. The molecule has 6 heteroatoms. The molecule has 0 saturated carbocycles. The Hall–Kier alpha value is -1.59. The van der Waals surface area contributed by atoms with Gasteiger partial charge in [0, 0.05) is 32.0 Å². The molecule has 0 spiro atoms. The normalized spacial score (nSPS) is 19.5. The molecule has 0 aliphatic carbocycles. The third-order valence-electron chi connectivity index (χ3n) is 4.25. The number of carbonyl (C=O) groups excluding carboxylic acids is 2. The van der Waals surface area contributed by atoms with Gasteiger partial charge >= 0.3 is 5.97 Å². The summed E-state index contributed by atoms with van der Waals surface area (Å²) >= 11 is 0. The van der Waals surface area contributed by atoms with Crippen LogP contribution in [0.3, 0.4) is 0 Å². The van der Waals surface area contributed by atoms with Gasteiger partial charge < -0.3 is 15.3 Å². The second-order valence-corrected chi connectivity index (χ2v) is 6.07. The third kappa shape index (κ3) is 6.03. The van der Waals surface area contributed by atoms with E-state index in [4.69, 9.17) is 5.11 Å². The second-order valence-electron chi connectivity index (χ2n) is 6.07. The van der Waals surface area contributed by atoms with Crippen molar-refractivity contribution in [3.63, 3.8) is 0 Å². The maximum atomic E-state index is 12.2. The molecule has 1 saturated heterocycles. The summed E-state index contributed by atoms with van der Waals surface area (Å²) in [4.78, 5) is 36.5. The molecule has 6 nitrogen and oxygen atoms in total. The largest absolute Gasteiger partial charge is 0.481 e. The summed E-state index contributed by atoms with van der Waals surface area (Å²) in [6.07, 6.45) is 3.86. The molecular formula is C16H28N2O4. The minimum Gasteiger partial charge on any atom is -0.481 e. The molecule has 0 aromatic rings. The van der Waals surface area contributed by atoms with Crippen molar-refractivity contribution < 1.29 is 19.5 Å². The van der Waals surface area contributed by atoms with Gasteiger partial charge in [0.25, 0.3) is 0 Å². The fourth-order valence-electron chi connectivity index (χ4n) is 2.63. The quantitative estimate of drug-likeness (QED) is 0.667. The van der Waals surface area contributed by atoms with Crippen molar-refractivity contribution >= 4 is 17.8 Å². The van der Waals surface area contributed by atoms with Crippen molar-refractivity contribution in [2.45, 2.75) is 52.4 Å². The smallest absolute Gasteiger partial charge is 0.303 e. The predicted octanol–water partition coefficient (Wildman–Crippen LogP) is 1.64. The Morgan fingerprint density at radius 3 is 2.68 bits per heavy atom. The highest BCUT2D eigenvalue weighted by Gasteiger charge is 2.29. The number of carboxylic acid groups (broad SMARTS) is 1. The Bertz CT molecular complexity index is 398. The molecule has 1 rings (SSSR count). The van der Waals surface area contributed by atoms with Crippen molar-refractivity contribution in [1.29, 1.82) is 0 Å². The molecule has 126 valence electrons. The fourth-order valence-corrected chi connectivity index (χ4v) is 2.63. The summed E-state index contributed by atoms with van der Waals surface area (Å²) in [6, 6.07) is 0. The van der Waals surface area contributed by atoms with Crippen LogP contribution in [0.2, 0.25) is 0 Å².